The highest BCUT2D eigenvalue weighted by Gasteiger charge is 2.25. The monoisotopic (exact) mass is 248 g/mol. The van der Waals surface area contributed by atoms with Crippen molar-refractivity contribution in [2.75, 3.05) is 25.9 Å². The zero-order valence-corrected chi connectivity index (χ0v) is 11.2. The Morgan fingerprint density at radius 2 is 2.29 bits per heavy atom. The third-order valence-electron chi connectivity index (χ3n) is 3.97. The summed E-state index contributed by atoms with van der Waals surface area (Å²) in [7, 11) is 2.25. The minimum absolute atomic E-state index is 0.560. The topological polar surface area (TPSA) is 15.3 Å². The predicted molar refractivity (Wildman–Crippen MR) is 73.6 cm³/mol. The van der Waals surface area contributed by atoms with Crippen molar-refractivity contribution in [2.24, 2.45) is 0 Å². The first kappa shape index (κ1) is 11.6. The Labute approximate surface area is 108 Å². The lowest BCUT2D eigenvalue weighted by Crippen LogP contribution is -2.37. The van der Waals surface area contributed by atoms with Gasteiger partial charge in [0, 0.05) is 29.3 Å². The van der Waals surface area contributed by atoms with Crippen LogP contribution in [-0.2, 0) is 0 Å². The fraction of sp³-hybridized carbons (Fsp3) is 0.571. The van der Waals surface area contributed by atoms with Gasteiger partial charge in [-0.25, -0.2) is 0 Å². The van der Waals surface area contributed by atoms with Crippen molar-refractivity contribution >= 4 is 11.8 Å². The van der Waals surface area contributed by atoms with Gasteiger partial charge in [0.05, 0.1) is 0 Å². The fourth-order valence-corrected chi connectivity index (χ4v) is 4.04. The SMILES string of the molecule is CN1CCCC1CNC1CSc2ccccc21. The molecule has 2 aliphatic heterocycles. The molecule has 0 spiro atoms. The average molecular weight is 248 g/mol. The predicted octanol–water partition coefficient (Wildman–Crippen LogP) is 2.52. The van der Waals surface area contributed by atoms with E-state index in [4.69, 9.17) is 0 Å². The maximum Gasteiger partial charge on any atom is 0.0427 e. The zero-order chi connectivity index (χ0) is 11.7. The van der Waals surface area contributed by atoms with Crippen molar-refractivity contribution in [3.05, 3.63) is 29.8 Å². The molecule has 1 fully saturated rings. The number of likely N-dealkylation sites (N-methyl/N-ethyl adjacent to an activating group) is 1. The zero-order valence-electron chi connectivity index (χ0n) is 10.4. The molecule has 17 heavy (non-hydrogen) atoms. The number of thioether (sulfide) groups is 1. The lowest BCUT2D eigenvalue weighted by Gasteiger charge is -2.22. The summed E-state index contributed by atoms with van der Waals surface area (Å²) in [6, 6.07) is 10.1. The molecule has 0 bridgehead atoms. The van der Waals surface area contributed by atoms with Gasteiger partial charge in [-0.15, -0.1) is 11.8 Å². The van der Waals surface area contributed by atoms with E-state index in [1.54, 1.807) is 0 Å². The van der Waals surface area contributed by atoms with E-state index >= 15 is 0 Å². The molecule has 2 heterocycles. The molecule has 3 heteroatoms. The van der Waals surface area contributed by atoms with Crippen LogP contribution < -0.4 is 5.32 Å². The molecule has 0 amide bonds. The lowest BCUT2D eigenvalue weighted by atomic mass is 10.1. The van der Waals surface area contributed by atoms with Crippen molar-refractivity contribution < 1.29 is 0 Å². The molecule has 0 saturated carbocycles. The fourth-order valence-electron chi connectivity index (χ4n) is 2.85. The van der Waals surface area contributed by atoms with Gasteiger partial charge in [0.1, 0.15) is 0 Å². The van der Waals surface area contributed by atoms with Gasteiger partial charge in [0.15, 0.2) is 0 Å². The average Bonchev–Trinajstić information content (AvgIpc) is 2.93. The van der Waals surface area contributed by atoms with Crippen LogP contribution in [0.2, 0.25) is 0 Å². The second-order valence-corrected chi connectivity index (χ2v) is 6.15. The van der Waals surface area contributed by atoms with Crippen LogP contribution in [0.25, 0.3) is 0 Å². The van der Waals surface area contributed by atoms with Crippen molar-refractivity contribution in [3.8, 4) is 0 Å². The second-order valence-electron chi connectivity index (χ2n) is 5.09. The standard InChI is InChI=1S/C14H20N2S/c1-16-8-4-5-11(16)9-15-13-10-17-14-7-3-2-6-12(13)14/h2-3,6-7,11,13,15H,4-5,8-10H2,1H3. The highest BCUT2D eigenvalue weighted by molar-refractivity contribution is 7.99. The van der Waals surface area contributed by atoms with Crippen LogP contribution in [0.15, 0.2) is 29.2 Å². The van der Waals surface area contributed by atoms with Crippen molar-refractivity contribution in [3.63, 3.8) is 0 Å². The van der Waals surface area contributed by atoms with E-state index in [1.165, 1.54) is 35.6 Å². The Morgan fingerprint density at radius 1 is 1.41 bits per heavy atom. The van der Waals surface area contributed by atoms with Gasteiger partial charge in [-0.3, -0.25) is 0 Å². The number of rotatable bonds is 3. The van der Waals surface area contributed by atoms with Crippen LogP contribution in [0.4, 0.5) is 0 Å². The summed E-state index contributed by atoms with van der Waals surface area (Å²) in [5.41, 5.74) is 1.50. The van der Waals surface area contributed by atoms with E-state index in [0.717, 1.165) is 12.6 Å². The van der Waals surface area contributed by atoms with Crippen molar-refractivity contribution in [1.29, 1.82) is 0 Å². The number of hydrogen-bond donors (Lipinski definition) is 1. The third-order valence-corrected chi connectivity index (χ3v) is 5.15. The molecular formula is C14H20N2S. The molecule has 3 rings (SSSR count). The Kier molecular flexibility index (Phi) is 3.41. The summed E-state index contributed by atoms with van der Waals surface area (Å²) in [6.07, 6.45) is 2.71. The molecule has 1 aromatic carbocycles. The molecule has 1 saturated heterocycles. The molecule has 0 radical (unpaired) electrons. The quantitative estimate of drug-likeness (QED) is 0.885. The van der Waals surface area contributed by atoms with Crippen LogP contribution in [0.5, 0.6) is 0 Å². The van der Waals surface area contributed by atoms with Crippen LogP contribution in [0.1, 0.15) is 24.4 Å². The maximum absolute atomic E-state index is 3.75. The highest BCUT2D eigenvalue weighted by atomic mass is 32.2. The van der Waals surface area contributed by atoms with Gasteiger partial charge < -0.3 is 10.2 Å². The van der Waals surface area contributed by atoms with Gasteiger partial charge in [-0.05, 0) is 38.1 Å². The van der Waals surface area contributed by atoms with E-state index in [9.17, 15) is 0 Å². The van der Waals surface area contributed by atoms with Crippen LogP contribution in [-0.4, -0.2) is 36.8 Å². The van der Waals surface area contributed by atoms with Crippen molar-refractivity contribution in [1.82, 2.24) is 10.2 Å². The molecule has 0 aromatic heterocycles. The molecule has 1 aromatic rings. The van der Waals surface area contributed by atoms with E-state index in [2.05, 4.69) is 41.5 Å². The first-order valence-corrected chi connectivity index (χ1v) is 7.48. The van der Waals surface area contributed by atoms with Gasteiger partial charge in [-0.1, -0.05) is 18.2 Å². The molecule has 92 valence electrons. The van der Waals surface area contributed by atoms with Gasteiger partial charge in [0.2, 0.25) is 0 Å². The Balaban J connectivity index is 1.60. The number of nitrogens with zero attached hydrogens (tertiary/aromatic N) is 1. The minimum Gasteiger partial charge on any atom is -0.308 e. The van der Waals surface area contributed by atoms with E-state index in [-0.39, 0.29) is 0 Å². The van der Waals surface area contributed by atoms with E-state index in [1.807, 2.05) is 11.8 Å². The molecule has 1 N–H and O–H groups in total. The summed E-state index contributed by atoms with van der Waals surface area (Å²) >= 11 is 1.98. The van der Waals surface area contributed by atoms with Gasteiger partial charge in [0.25, 0.3) is 0 Å². The summed E-state index contributed by atoms with van der Waals surface area (Å²) in [4.78, 5) is 3.95. The third kappa shape index (κ3) is 2.37. The van der Waals surface area contributed by atoms with Crippen LogP contribution >= 0.6 is 11.8 Å². The normalized spacial score (nSPS) is 28.5. The highest BCUT2D eigenvalue weighted by Crippen LogP contribution is 2.37. The smallest absolute Gasteiger partial charge is 0.0427 e. The lowest BCUT2D eigenvalue weighted by molar-refractivity contribution is 0.294. The molecule has 2 nitrogen and oxygen atoms in total. The molecular weight excluding hydrogens is 228 g/mol. The Bertz CT molecular complexity index is 394. The Hall–Kier alpha value is -0.510. The largest absolute Gasteiger partial charge is 0.308 e. The van der Waals surface area contributed by atoms with Crippen LogP contribution in [0, 0.1) is 0 Å². The minimum atomic E-state index is 0.560. The molecule has 2 atom stereocenters. The molecule has 2 aliphatic rings. The van der Waals surface area contributed by atoms with Crippen molar-refractivity contribution in [2.45, 2.75) is 29.8 Å². The number of likely N-dealkylation sites (tertiary alicyclic amines) is 1. The number of fused-ring (bicyclic) bond motifs is 1. The van der Waals surface area contributed by atoms with E-state index < -0.39 is 0 Å². The maximum atomic E-state index is 3.75. The summed E-state index contributed by atoms with van der Waals surface area (Å²) in [5, 5.41) is 3.75. The number of nitrogens with one attached hydrogen (secondary N) is 1. The van der Waals surface area contributed by atoms with Crippen LogP contribution in [0.3, 0.4) is 0 Å². The second kappa shape index (κ2) is 5.01. The first-order valence-electron chi connectivity index (χ1n) is 6.50. The summed E-state index contributed by atoms with van der Waals surface area (Å²) < 4.78 is 0. The van der Waals surface area contributed by atoms with Gasteiger partial charge in [-0.2, -0.15) is 0 Å². The van der Waals surface area contributed by atoms with Gasteiger partial charge >= 0.3 is 0 Å². The number of benzene rings is 1. The first-order chi connectivity index (χ1) is 8.34. The Morgan fingerprint density at radius 3 is 3.12 bits per heavy atom. The number of hydrogen-bond acceptors (Lipinski definition) is 3. The summed E-state index contributed by atoms with van der Waals surface area (Å²) in [5.74, 6) is 1.19. The van der Waals surface area contributed by atoms with E-state index in [0.29, 0.717) is 6.04 Å². The molecule has 0 aliphatic carbocycles. The summed E-state index contributed by atoms with van der Waals surface area (Å²) in [6.45, 7) is 2.40. The molecule has 2 unspecified atom stereocenters.